The zero-order chi connectivity index (χ0) is 29.4. The monoisotopic (exact) mass is 570 g/mol. The first-order valence-electron chi connectivity index (χ1n) is 15.1. The van der Waals surface area contributed by atoms with Crippen LogP contribution in [0.2, 0.25) is 0 Å². The van der Waals surface area contributed by atoms with E-state index in [2.05, 4.69) is 34.5 Å². The van der Waals surface area contributed by atoms with Crippen molar-refractivity contribution < 1.29 is 14.3 Å². The van der Waals surface area contributed by atoms with E-state index in [1.165, 1.54) is 38.5 Å². The fourth-order valence-corrected chi connectivity index (χ4v) is 4.48. The highest BCUT2D eigenvalue weighted by atomic mass is 16.5. The largest absolute Gasteiger partial charge is 0.487 e. The first-order chi connectivity index (χ1) is 20.6. The normalized spacial score (nSPS) is 11.3. The zero-order valence-electron chi connectivity index (χ0n) is 24.8. The lowest BCUT2D eigenvalue weighted by molar-refractivity contribution is 0.104. The van der Waals surface area contributed by atoms with Gasteiger partial charge in [0.15, 0.2) is 5.78 Å². The molecule has 0 aliphatic rings. The molecule has 4 rings (SSSR count). The van der Waals surface area contributed by atoms with Crippen LogP contribution in [-0.2, 0) is 26.3 Å². The summed E-state index contributed by atoms with van der Waals surface area (Å²) in [6.45, 7) is 6.53. The van der Waals surface area contributed by atoms with Crippen LogP contribution in [0.5, 0.6) is 11.5 Å². The molecule has 0 aliphatic carbocycles. The summed E-state index contributed by atoms with van der Waals surface area (Å²) in [5.41, 5.74) is 2.83. The van der Waals surface area contributed by atoms with Crippen molar-refractivity contribution in [3.05, 3.63) is 89.5 Å². The van der Waals surface area contributed by atoms with E-state index in [9.17, 15) is 4.79 Å². The summed E-state index contributed by atoms with van der Waals surface area (Å²) in [5, 5.41) is 16.9. The highest BCUT2D eigenvalue weighted by Gasteiger charge is 2.14. The molecule has 9 heteroatoms. The first-order valence-corrected chi connectivity index (χ1v) is 15.1. The van der Waals surface area contributed by atoms with E-state index in [1.807, 2.05) is 52.1 Å². The second-order valence-electron chi connectivity index (χ2n) is 10.4. The van der Waals surface area contributed by atoms with E-state index in [-0.39, 0.29) is 19.0 Å². The molecule has 0 atom stereocenters. The Bertz CT molecular complexity index is 1400. The quantitative estimate of drug-likeness (QED) is 0.0675. The van der Waals surface area contributed by atoms with Crippen LogP contribution >= 0.6 is 0 Å². The van der Waals surface area contributed by atoms with Crippen molar-refractivity contribution in [3.8, 4) is 11.5 Å². The second kappa shape index (κ2) is 16.9. The Balaban J connectivity index is 1.42. The topological polar surface area (TPSA) is 97.0 Å². The lowest BCUT2D eigenvalue weighted by Gasteiger charge is -2.12. The molecule has 9 nitrogen and oxygen atoms in total. The molecule has 0 spiro atoms. The Morgan fingerprint density at radius 3 is 2.00 bits per heavy atom. The molecule has 2 heterocycles. The number of carbonyl (C=O) groups is 1. The lowest BCUT2D eigenvalue weighted by atomic mass is 10.1. The zero-order valence-corrected chi connectivity index (χ0v) is 24.8. The van der Waals surface area contributed by atoms with Crippen molar-refractivity contribution in [2.45, 2.75) is 91.5 Å². The fraction of sp³-hybridized carbons (Fsp3) is 0.424. The standard InChI is InChI=1S/C33H42N6O3/c1-3-5-7-12-20-38-23-28(34-36-38)25-41-30-17-18-31(32(40)19-16-27-14-10-9-11-15-27)33(22-30)42-26-29-24-39(37-35-29)21-13-8-6-4-2/h9-11,14-19,22-24H,3-8,12-13,20-21,25-26H2,1-2H3/b19-16+. The third-order valence-electron chi connectivity index (χ3n) is 6.86. The van der Waals surface area contributed by atoms with E-state index in [0.717, 1.165) is 37.2 Å². The van der Waals surface area contributed by atoms with Gasteiger partial charge in [-0.3, -0.25) is 14.2 Å². The second-order valence-corrected chi connectivity index (χ2v) is 10.4. The third-order valence-corrected chi connectivity index (χ3v) is 6.86. The van der Waals surface area contributed by atoms with Gasteiger partial charge in [0.1, 0.15) is 36.1 Å². The van der Waals surface area contributed by atoms with Crippen molar-refractivity contribution in [2.75, 3.05) is 0 Å². The van der Waals surface area contributed by atoms with Crippen LogP contribution in [0.25, 0.3) is 6.08 Å². The maximum Gasteiger partial charge on any atom is 0.189 e. The highest BCUT2D eigenvalue weighted by Crippen LogP contribution is 2.27. The summed E-state index contributed by atoms with van der Waals surface area (Å²) in [7, 11) is 0. The molecule has 0 radical (unpaired) electrons. The molecule has 0 aliphatic heterocycles. The number of rotatable bonds is 19. The van der Waals surface area contributed by atoms with Crippen molar-refractivity contribution >= 4 is 11.9 Å². The summed E-state index contributed by atoms with van der Waals surface area (Å²) >= 11 is 0. The molecular formula is C33H42N6O3. The molecule has 42 heavy (non-hydrogen) atoms. The van der Waals surface area contributed by atoms with Gasteiger partial charge in [0, 0.05) is 19.2 Å². The lowest BCUT2D eigenvalue weighted by Crippen LogP contribution is -2.04. The molecule has 0 saturated heterocycles. The first kappa shape index (κ1) is 30.7. The third kappa shape index (κ3) is 9.98. The van der Waals surface area contributed by atoms with Crippen molar-refractivity contribution in [1.29, 1.82) is 0 Å². The molecule has 4 aromatic rings. The summed E-state index contributed by atoms with van der Waals surface area (Å²) in [6.07, 6.45) is 16.5. The molecule has 0 bridgehead atoms. The molecule has 0 amide bonds. The summed E-state index contributed by atoms with van der Waals surface area (Å²) in [6, 6.07) is 15.0. The molecule has 0 N–H and O–H groups in total. The molecule has 0 unspecified atom stereocenters. The van der Waals surface area contributed by atoms with Crippen LogP contribution in [0.4, 0.5) is 0 Å². The number of hydrogen-bond donors (Lipinski definition) is 0. The predicted octanol–water partition coefficient (Wildman–Crippen LogP) is 7.08. The van der Waals surface area contributed by atoms with Crippen molar-refractivity contribution in [2.24, 2.45) is 0 Å². The average molecular weight is 571 g/mol. The van der Waals surface area contributed by atoms with E-state index in [1.54, 1.807) is 30.4 Å². The number of aromatic nitrogens is 6. The van der Waals surface area contributed by atoms with Gasteiger partial charge in [-0.05, 0) is 36.6 Å². The predicted molar refractivity (Wildman–Crippen MR) is 163 cm³/mol. The number of benzene rings is 2. The number of aryl methyl sites for hydroxylation is 2. The van der Waals surface area contributed by atoms with Crippen molar-refractivity contribution in [3.63, 3.8) is 0 Å². The summed E-state index contributed by atoms with van der Waals surface area (Å²) in [4.78, 5) is 13.2. The Labute approximate surface area is 248 Å². The maximum absolute atomic E-state index is 13.2. The van der Waals surface area contributed by atoms with Gasteiger partial charge in [-0.1, -0.05) is 99.2 Å². The number of nitrogens with zero attached hydrogens (tertiary/aromatic N) is 6. The van der Waals surface area contributed by atoms with Gasteiger partial charge in [0.2, 0.25) is 0 Å². The smallest absolute Gasteiger partial charge is 0.189 e. The minimum absolute atomic E-state index is 0.161. The SMILES string of the molecule is CCCCCCn1cc(COc2ccc(C(=O)/C=C/c3ccccc3)c(OCc3cn(CCCCCC)nn3)c2)nn1. The van der Waals surface area contributed by atoms with E-state index >= 15 is 0 Å². The molecule has 222 valence electrons. The van der Waals surface area contributed by atoms with Gasteiger partial charge in [-0.25, -0.2) is 0 Å². The van der Waals surface area contributed by atoms with Crippen LogP contribution < -0.4 is 9.47 Å². The van der Waals surface area contributed by atoms with Gasteiger partial charge >= 0.3 is 0 Å². The summed E-state index contributed by atoms with van der Waals surface area (Å²) in [5.74, 6) is 0.837. The number of ketones is 1. The van der Waals surface area contributed by atoms with Crippen LogP contribution in [-0.4, -0.2) is 35.8 Å². The Kier molecular flexibility index (Phi) is 12.3. The van der Waals surface area contributed by atoms with Gasteiger partial charge in [-0.2, -0.15) is 0 Å². The minimum Gasteiger partial charge on any atom is -0.487 e. The van der Waals surface area contributed by atoms with Gasteiger partial charge in [-0.15, -0.1) is 10.2 Å². The van der Waals surface area contributed by atoms with Crippen LogP contribution in [0.3, 0.4) is 0 Å². The number of unbranched alkanes of at least 4 members (excludes halogenated alkanes) is 6. The van der Waals surface area contributed by atoms with Crippen LogP contribution in [0, 0.1) is 0 Å². The van der Waals surface area contributed by atoms with Crippen LogP contribution in [0.1, 0.15) is 92.5 Å². The molecule has 0 fully saturated rings. The van der Waals surface area contributed by atoms with E-state index < -0.39 is 0 Å². The van der Waals surface area contributed by atoms with Gasteiger partial charge < -0.3 is 9.47 Å². The Morgan fingerprint density at radius 2 is 1.38 bits per heavy atom. The van der Waals surface area contributed by atoms with E-state index in [0.29, 0.717) is 22.8 Å². The highest BCUT2D eigenvalue weighted by molar-refractivity contribution is 6.08. The number of allylic oxidation sites excluding steroid dienone is 1. The van der Waals surface area contributed by atoms with Gasteiger partial charge in [0.05, 0.1) is 18.0 Å². The number of ether oxygens (including phenoxy) is 2. The maximum atomic E-state index is 13.2. The summed E-state index contributed by atoms with van der Waals surface area (Å²) < 4.78 is 15.9. The molecule has 2 aromatic heterocycles. The van der Waals surface area contributed by atoms with Crippen molar-refractivity contribution in [1.82, 2.24) is 30.0 Å². The number of hydrogen-bond acceptors (Lipinski definition) is 7. The van der Waals surface area contributed by atoms with Crippen LogP contribution in [0.15, 0.2) is 67.0 Å². The fourth-order valence-electron chi connectivity index (χ4n) is 4.48. The minimum atomic E-state index is -0.161. The molecule has 0 saturated carbocycles. The Hall–Kier alpha value is -4.27. The Morgan fingerprint density at radius 1 is 0.762 bits per heavy atom. The average Bonchev–Trinajstić information content (AvgIpc) is 3.68. The number of carbonyl (C=O) groups excluding carboxylic acids is 1. The molecular weight excluding hydrogens is 528 g/mol. The molecule has 2 aromatic carbocycles. The van der Waals surface area contributed by atoms with Gasteiger partial charge in [0.25, 0.3) is 0 Å². The van der Waals surface area contributed by atoms with E-state index in [4.69, 9.17) is 9.47 Å².